The second-order valence-electron chi connectivity index (χ2n) is 8.15. The van der Waals surface area contributed by atoms with Gasteiger partial charge in [-0.25, -0.2) is 0 Å². The number of hydrogen-bond donors (Lipinski definition) is 0. The first kappa shape index (κ1) is 19.5. The SMILES string of the molecule is O=C1C2=C(OC3CCC(Cl)CC13)C(=O)N(CCN1CCOCC1)C2c1cccs1. The Balaban J connectivity index is 1.44. The second kappa shape index (κ2) is 8.02. The van der Waals surface area contributed by atoms with Gasteiger partial charge in [-0.15, -0.1) is 22.9 Å². The number of alkyl halides is 1. The molecule has 1 amide bonds. The van der Waals surface area contributed by atoms with Gasteiger partial charge in [0.15, 0.2) is 11.5 Å². The first-order valence-electron chi connectivity index (χ1n) is 10.4. The molecule has 1 aromatic heterocycles. The quantitative estimate of drug-likeness (QED) is 0.679. The van der Waals surface area contributed by atoms with Gasteiger partial charge in [-0.05, 0) is 30.7 Å². The fraction of sp³-hybridized carbons (Fsp3) is 0.619. The number of morpholine rings is 1. The maximum Gasteiger partial charge on any atom is 0.290 e. The molecule has 2 fully saturated rings. The van der Waals surface area contributed by atoms with Crippen LogP contribution in [0.5, 0.6) is 0 Å². The Morgan fingerprint density at radius 1 is 1.17 bits per heavy atom. The molecule has 0 N–H and O–H groups in total. The normalized spacial score (nSPS) is 32.9. The number of carbonyl (C=O) groups is 2. The van der Waals surface area contributed by atoms with E-state index in [0.717, 1.165) is 50.6 Å². The van der Waals surface area contributed by atoms with Crippen molar-refractivity contribution in [1.29, 1.82) is 0 Å². The van der Waals surface area contributed by atoms with Crippen LogP contribution in [0, 0.1) is 5.92 Å². The first-order chi connectivity index (χ1) is 14.1. The molecule has 4 atom stereocenters. The number of halogens is 1. The van der Waals surface area contributed by atoms with E-state index in [0.29, 0.717) is 18.5 Å². The predicted octanol–water partition coefficient (Wildman–Crippen LogP) is 2.59. The Bertz CT molecular complexity index is 821. The van der Waals surface area contributed by atoms with E-state index in [1.807, 2.05) is 22.4 Å². The highest BCUT2D eigenvalue weighted by atomic mass is 35.5. The number of nitrogens with zero attached hydrogens (tertiary/aromatic N) is 2. The number of ether oxygens (including phenoxy) is 2. The molecule has 4 unspecified atom stereocenters. The molecule has 0 aromatic carbocycles. The van der Waals surface area contributed by atoms with Gasteiger partial charge in [0.1, 0.15) is 6.10 Å². The van der Waals surface area contributed by atoms with Gasteiger partial charge in [0.2, 0.25) is 0 Å². The van der Waals surface area contributed by atoms with Gasteiger partial charge in [-0.1, -0.05) is 6.07 Å². The monoisotopic (exact) mass is 436 g/mol. The van der Waals surface area contributed by atoms with Gasteiger partial charge in [-0.2, -0.15) is 0 Å². The van der Waals surface area contributed by atoms with Crippen molar-refractivity contribution in [2.75, 3.05) is 39.4 Å². The smallest absolute Gasteiger partial charge is 0.290 e. The van der Waals surface area contributed by atoms with E-state index in [9.17, 15) is 9.59 Å². The summed E-state index contributed by atoms with van der Waals surface area (Å²) >= 11 is 7.94. The van der Waals surface area contributed by atoms with Crippen LogP contribution in [0.3, 0.4) is 0 Å². The van der Waals surface area contributed by atoms with Crippen molar-refractivity contribution >= 4 is 34.6 Å². The molecule has 0 bridgehead atoms. The van der Waals surface area contributed by atoms with E-state index in [1.165, 1.54) is 0 Å². The summed E-state index contributed by atoms with van der Waals surface area (Å²) in [6, 6.07) is 3.63. The highest BCUT2D eigenvalue weighted by molar-refractivity contribution is 7.10. The maximum absolute atomic E-state index is 13.5. The minimum Gasteiger partial charge on any atom is -0.483 e. The van der Waals surface area contributed by atoms with Crippen LogP contribution in [0.1, 0.15) is 30.2 Å². The highest BCUT2D eigenvalue weighted by Crippen LogP contribution is 2.47. The average Bonchev–Trinajstić information content (AvgIpc) is 3.35. The zero-order valence-corrected chi connectivity index (χ0v) is 17.8. The molecule has 156 valence electrons. The van der Waals surface area contributed by atoms with Crippen molar-refractivity contribution in [2.24, 2.45) is 5.92 Å². The fourth-order valence-electron chi connectivity index (χ4n) is 4.91. The van der Waals surface area contributed by atoms with Crippen LogP contribution in [0.15, 0.2) is 28.8 Å². The molecule has 3 aliphatic heterocycles. The van der Waals surface area contributed by atoms with Crippen LogP contribution in [-0.4, -0.2) is 72.4 Å². The maximum atomic E-state index is 13.5. The van der Waals surface area contributed by atoms with Crippen molar-refractivity contribution in [3.05, 3.63) is 33.7 Å². The van der Waals surface area contributed by atoms with Crippen LogP contribution >= 0.6 is 22.9 Å². The number of carbonyl (C=O) groups excluding carboxylic acids is 2. The van der Waals surface area contributed by atoms with E-state index in [4.69, 9.17) is 21.1 Å². The Morgan fingerprint density at radius 3 is 2.76 bits per heavy atom. The Hall–Kier alpha value is -1.41. The van der Waals surface area contributed by atoms with E-state index >= 15 is 0 Å². The summed E-state index contributed by atoms with van der Waals surface area (Å²) in [6.45, 7) is 4.52. The Morgan fingerprint density at radius 2 is 2.00 bits per heavy atom. The summed E-state index contributed by atoms with van der Waals surface area (Å²) in [5, 5.41) is 1.99. The molecular formula is C21H25ClN2O4S. The molecule has 4 aliphatic rings. The lowest BCUT2D eigenvalue weighted by Crippen LogP contribution is -2.43. The fourth-order valence-corrected chi connectivity index (χ4v) is 6.07. The van der Waals surface area contributed by atoms with Gasteiger partial charge in [0.25, 0.3) is 5.91 Å². The summed E-state index contributed by atoms with van der Waals surface area (Å²) in [7, 11) is 0. The molecule has 6 nitrogen and oxygen atoms in total. The minimum atomic E-state index is -0.345. The van der Waals surface area contributed by atoms with Crippen molar-refractivity contribution in [2.45, 2.75) is 36.8 Å². The largest absolute Gasteiger partial charge is 0.483 e. The molecule has 0 spiro atoms. The summed E-state index contributed by atoms with van der Waals surface area (Å²) in [6.07, 6.45) is 1.96. The van der Waals surface area contributed by atoms with Gasteiger partial charge in [0.05, 0.1) is 30.7 Å². The summed E-state index contributed by atoms with van der Waals surface area (Å²) in [5.41, 5.74) is 0.548. The van der Waals surface area contributed by atoms with Gasteiger partial charge in [0, 0.05) is 36.4 Å². The first-order valence-corrected chi connectivity index (χ1v) is 11.7. The third-order valence-corrected chi connectivity index (χ3v) is 7.77. The Labute approximate surface area is 179 Å². The van der Waals surface area contributed by atoms with Crippen molar-refractivity contribution < 1.29 is 19.1 Å². The molecule has 5 rings (SSSR count). The number of ketones is 1. The van der Waals surface area contributed by atoms with E-state index in [2.05, 4.69) is 4.90 Å². The third kappa shape index (κ3) is 3.52. The lowest BCUT2D eigenvalue weighted by molar-refractivity contribution is -0.135. The highest BCUT2D eigenvalue weighted by Gasteiger charge is 2.52. The molecule has 1 saturated carbocycles. The molecule has 0 radical (unpaired) electrons. The molecule has 4 heterocycles. The van der Waals surface area contributed by atoms with E-state index in [-0.39, 0.29) is 40.9 Å². The zero-order chi connectivity index (χ0) is 20.0. The topological polar surface area (TPSA) is 59.1 Å². The van der Waals surface area contributed by atoms with Gasteiger partial charge < -0.3 is 14.4 Å². The number of thiophene rings is 1. The molecule has 8 heteroatoms. The van der Waals surface area contributed by atoms with Gasteiger partial charge in [-0.3, -0.25) is 14.5 Å². The van der Waals surface area contributed by atoms with Crippen LogP contribution in [0.25, 0.3) is 0 Å². The van der Waals surface area contributed by atoms with E-state index in [1.54, 1.807) is 11.3 Å². The minimum absolute atomic E-state index is 0.000617. The van der Waals surface area contributed by atoms with Crippen LogP contribution < -0.4 is 0 Å². The molecule has 29 heavy (non-hydrogen) atoms. The lowest BCUT2D eigenvalue weighted by atomic mass is 9.78. The number of Topliss-reactive ketones (excluding diaryl/α,β-unsaturated/α-hetero) is 1. The number of fused-ring (bicyclic) bond motifs is 1. The van der Waals surface area contributed by atoms with Crippen LogP contribution in [0.4, 0.5) is 0 Å². The van der Waals surface area contributed by atoms with Crippen molar-refractivity contribution in [1.82, 2.24) is 9.80 Å². The number of rotatable bonds is 4. The van der Waals surface area contributed by atoms with Crippen LogP contribution in [-0.2, 0) is 19.1 Å². The predicted molar refractivity (Wildman–Crippen MR) is 110 cm³/mol. The van der Waals surface area contributed by atoms with Gasteiger partial charge >= 0.3 is 0 Å². The summed E-state index contributed by atoms with van der Waals surface area (Å²) in [4.78, 5) is 32.0. The molecular weight excluding hydrogens is 412 g/mol. The van der Waals surface area contributed by atoms with Crippen molar-refractivity contribution in [3.8, 4) is 0 Å². The molecule has 1 aliphatic carbocycles. The molecule has 1 aromatic rings. The number of hydrogen-bond acceptors (Lipinski definition) is 6. The van der Waals surface area contributed by atoms with Crippen molar-refractivity contribution in [3.63, 3.8) is 0 Å². The average molecular weight is 437 g/mol. The lowest BCUT2D eigenvalue weighted by Gasteiger charge is -2.37. The van der Waals surface area contributed by atoms with Crippen LogP contribution in [0.2, 0.25) is 0 Å². The van der Waals surface area contributed by atoms with E-state index < -0.39 is 0 Å². The standard InChI is InChI=1S/C21H25ClN2O4S/c22-13-3-4-15-14(12-13)19(25)17-18(16-2-1-11-29-16)24(21(26)20(17)28-15)6-5-23-7-9-27-10-8-23/h1-2,11,13-15,18H,3-10,12H2. The molecule has 1 saturated heterocycles. The zero-order valence-electron chi connectivity index (χ0n) is 16.2. The third-order valence-electron chi connectivity index (χ3n) is 6.45. The number of amides is 1. The summed E-state index contributed by atoms with van der Waals surface area (Å²) < 4.78 is 11.6. The summed E-state index contributed by atoms with van der Waals surface area (Å²) in [5.74, 6) is -0.0437. The Kier molecular flexibility index (Phi) is 5.41. The second-order valence-corrected chi connectivity index (χ2v) is 9.75.